The van der Waals surface area contributed by atoms with E-state index in [1.54, 1.807) is 0 Å². The summed E-state index contributed by atoms with van der Waals surface area (Å²) in [5.41, 5.74) is 7.60. The average Bonchev–Trinajstić information content (AvgIpc) is 2.32. The zero-order chi connectivity index (χ0) is 14.0. The highest BCUT2D eigenvalue weighted by Crippen LogP contribution is 2.34. The first kappa shape index (κ1) is 14.5. The molecule has 2 N–H and O–H groups in total. The van der Waals surface area contributed by atoms with Crippen LogP contribution in [0.5, 0.6) is 11.5 Å². The molecule has 0 saturated carbocycles. The SMILES string of the molecule is Cc1ccc(Oc2cccc(Br)c2C(N)=S)c(Br)c1. The second-order valence-electron chi connectivity index (χ2n) is 4.01. The van der Waals surface area contributed by atoms with E-state index in [4.69, 9.17) is 22.7 Å². The molecular formula is C14H11Br2NOS. The third-order valence-electron chi connectivity index (χ3n) is 2.53. The monoisotopic (exact) mass is 399 g/mol. The van der Waals surface area contributed by atoms with Gasteiger partial charge in [0.15, 0.2) is 0 Å². The van der Waals surface area contributed by atoms with Crippen molar-refractivity contribution < 1.29 is 4.74 Å². The quantitative estimate of drug-likeness (QED) is 0.740. The van der Waals surface area contributed by atoms with E-state index < -0.39 is 0 Å². The summed E-state index contributed by atoms with van der Waals surface area (Å²) >= 11 is 12.0. The van der Waals surface area contributed by atoms with Crippen molar-refractivity contribution in [3.8, 4) is 11.5 Å². The Balaban J connectivity index is 2.44. The van der Waals surface area contributed by atoms with Gasteiger partial charge in [0.2, 0.25) is 0 Å². The zero-order valence-electron chi connectivity index (χ0n) is 10.1. The summed E-state index contributed by atoms with van der Waals surface area (Å²) in [5, 5.41) is 0. The lowest BCUT2D eigenvalue weighted by Crippen LogP contribution is -2.11. The molecule has 0 aliphatic carbocycles. The molecule has 5 heteroatoms. The fourth-order valence-electron chi connectivity index (χ4n) is 1.64. The number of nitrogens with two attached hydrogens (primary N) is 1. The molecule has 0 fully saturated rings. The highest BCUT2D eigenvalue weighted by atomic mass is 79.9. The van der Waals surface area contributed by atoms with Crippen molar-refractivity contribution in [3.05, 3.63) is 56.5 Å². The molecule has 2 nitrogen and oxygen atoms in total. The van der Waals surface area contributed by atoms with Crippen LogP contribution in [0.3, 0.4) is 0 Å². The van der Waals surface area contributed by atoms with Crippen molar-refractivity contribution >= 4 is 49.1 Å². The predicted molar refractivity (Wildman–Crippen MR) is 89.0 cm³/mol. The number of aryl methyl sites for hydroxylation is 1. The van der Waals surface area contributed by atoms with Gasteiger partial charge in [-0.3, -0.25) is 0 Å². The minimum Gasteiger partial charge on any atom is -0.455 e. The van der Waals surface area contributed by atoms with Crippen LogP contribution >= 0.6 is 44.1 Å². The second kappa shape index (κ2) is 6.03. The third-order valence-corrected chi connectivity index (χ3v) is 4.01. The van der Waals surface area contributed by atoms with Crippen LogP contribution in [0.15, 0.2) is 45.3 Å². The van der Waals surface area contributed by atoms with Gasteiger partial charge in [-0.05, 0) is 68.6 Å². The van der Waals surface area contributed by atoms with E-state index in [-0.39, 0.29) is 0 Å². The summed E-state index contributed by atoms with van der Waals surface area (Å²) in [4.78, 5) is 0.297. The van der Waals surface area contributed by atoms with Gasteiger partial charge in [0.25, 0.3) is 0 Å². The second-order valence-corrected chi connectivity index (χ2v) is 6.16. The van der Waals surface area contributed by atoms with Gasteiger partial charge in [0, 0.05) is 4.47 Å². The van der Waals surface area contributed by atoms with Crippen molar-refractivity contribution in [2.75, 3.05) is 0 Å². The Hall–Kier alpha value is -0.910. The molecule has 0 bridgehead atoms. The number of hydrogen-bond donors (Lipinski definition) is 1. The normalized spacial score (nSPS) is 10.3. The molecule has 2 rings (SSSR count). The Kier molecular flexibility index (Phi) is 4.60. The highest BCUT2D eigenvalue weighted by molar-refractivity contribution is 9.10. The number of thiocarbonyl (C=S) groups is 1. The van der Waals surface area contributed by atoms with Crippen LogP contribution in [0, 0.1) is 6.92 Å². The van der Waals surface area contributed by atoms with Gasteiger partial charge in [-0.2, -0.15) is 0 Å². The molecule has 0 unspecified atom stereocenters. The fourth-order valence-corrected chi connectivity index (χ4v) is 3.11. The van der Waals surface area contributed by atoms with Crippen LogP contribution in [-0.4, -0.2) is 4.99 Å². The summed E-state index contributed by atoms with van der Waals surface area (Å²) < 4.78 is 7.60. The molecular weight excluding hydrogens is 390 g/mol. The molecule has 19 heavy (non-hydrogen) atoms. The smallest absolute Gasteiger partial charge is 0.141 e. The topological polar surface area (TPSA) is 35.2 Å². The van der Waals surface area contributed by atoms with Gasteiger partial charge in [-0.1, -0.05) is 24.4 Å². The van der Waals surface area contributed by atoms with Crippen LogP contribution in [0.1, 0.15) is 11.1 Å². The number of ether oxygens (including phenoxy) is 1. The van der Waals surface area contributed by atoms with Crippen LogP contribution < -0.4 is 10.5 Å². The Morgan fingerprint density at radius 1 is 1.11 bits per heavy atom. The van der Waals surface area contributed by atoms with E-state index in [1.807, 2.05) is 43.3 Å². The Labute approximate surface area is 134 Å². The van der Waals surface area contributed by atoms with E-state index >= 15 is 0 Å². The lowest BCUT2D eigenvalue weighted by Gasteiger charge is -2.13. The van der Waals surface area contributed by atoms with Crippen LogP contribution in [-0.2, 0) is 0 Å². The molecule has 0 heterocycles. The zero-order valence-corrected chi connectivity index (χ0v) is 14.1. The number of hydrogen-bond acceptors (Lipinski definition) is 2. The van der Waals surface area contributed by atoms with E-state index in [0.29, 0.717) is 16.3 Å². The average molecular weight is 401 g/mol. The number of benzene rings is 2. The van der Waals surface area contributed by atoms with Crippen molar-refractivity contribution in [3.63, 3.8) is 0 Å². The molecule has 0 saturated heterocycles. The van der Waals surface area contributed by atoms with E-state index in [0.717, 1.165) is 20.3 Å². The lowest BCUT2D eigenvalue weighted by molar-refractivity contribution is 0.478. The minimum absolute atomic E-state index is 0.297. The minimum atomic E-state index is 0.297. The maximum atomic E-state index is 5.89. The summed E-state index contributed by atoms with van der Waals surface area (Å²) in [7, 11) is 0. The molecule has 0 amide bonds. The van der Waals surface area contributed by atoms with Gasteiger partial charge in [-0.15, -0.1) is 0 Å². The molecule has 0 aromatic heterocycles. The fraction of sp³-hybridized carbons (Fsp3) is 0.0714. The Morgan fingerprint density at radius 3 is 2.47 bits per heavy atom. The first-order valence-corrected chi connectivity index (χ1v) is 7.51. The van der Waals surface area contributed by atoms with E-state index in [9.17, 15) is 0 Å². The molecule has 0 radical (unpaired) electrons. The number of rotatable bonds is 3. The molecule has 0 aliphatic rings. The largest absolute Gasteiger partial charge is 0.455 e. The van der Waals surface area contributed by atoms with Gasteiger partial charge in [-0.25, -0.2) is 0 Å². The lowest BCUT2D eigenvalue weighted by atomic mass is 10.2. The van der Waals surface area contributed by atoms with Crippen molar-refractivity contribution in [1.82, 2.24) is 0 Å². The van der Waals surface area contributed by atoms with Crippen molar-refractivity contribution in [1.29, 1.82) is 0 Å². The van der Waals surface area contributed by atoms with Crippen LogP contribution in [0.4, 0.5) is 0 Å². The van der Waals surface area contributed by atoms with Gasteiger partial charge >= 0.3 is 0 Å². The maximum absolute atomic E-state index is 5.89. The molecule has 0 atom stereocenters. The van der Waals surface area contributed by atoms with Crippen LogP contribution in [0.2, 0.25) is 0 Å². The van der Waals surface area contributed by atoms with Crippen LogP contribution in [0.25, 0.3) is 0 Å². The molecule has 2 aromatic carbocycles. The third kappa shape index (κ3) is 3.35. The maximum Gasteiger partial charge on any atom is 0.141 e. The molecule has 0 aliphatic heterocycles. The Morgan fingerprint density at radius 2 is 1.84 bits per heavy atom. The van der Waals surface area contributed by atoms with Gasteiger partial charge in [0.1, 0.15) is 16.5 Å². The Bertz CT molecular complexity index is 643. The van der Waals surface area contributed by atoms with E-state index in [1.165, 1.54) is 0 Å². The summed E-state index contributed by atoms with van der Waals surface area (Å²) in [6, 6.07) is 11.5. The predicted octanol–water partition coefficient (Wildman–Crippen LogP) is 4.95. The summed E-state index contributed by atoms with van der Waals surface area (Å²) in [5.74, 6) is 1.35. The molecule has 0 spiro atoms. The highest BCUT2D eigenvalue weighted by Gasteiger charge is 2.12. The van der Waals surface area contributed by atoms with E-state index in [2.05, 4.69) is 31.9 Å². The van der Waals surface area contributed by atoms with Gasteiger partial charge in [0.05, 0.1) is 10.0 Å². The van der Waals surface area contributed by atoms with Crippen molar-refractivity contribution in [2.45, 2.75) is 6.92 Å². The van der Waals surface area contributed by atoms with Crippen molar-refractivity contribution in [2.24, 2.45) is 5.73 Å². The molecule has 98 valence electrons. The first-order valence-electron chi connectivity index (χ1n) is 5.51. The number of halogens is 2. The van der Waals surface area contributed by atoms with Gasteiger partial charge < -0.3 is 10.5 Å². The first-order chi connectivity index (χ1) is 8.99. The standard InChI is InChI=1S/C14H11Br2NOS/c1-8-5-6-11(10(16)7-8)18-12-4-2-3-9(15)13(12)14(17)19/h2-7H,1H3,(H2,17,19). The summed E-state index contributed by atoms with van der Waals surface area (Å²) in [6.45, 7) is 2.02. The molecule has 2 aromatic rings. The summed E-state index contributed by atoms with van der Waals surface area (Å²) in [6.07, 6.45) is 0.